The van der Waals surface area contributed by atoms with E-state index < -0.39 is 0 Å². The second kappa shape index (κ2) is 7.60. The van der Waals surface area contributed by atoms with E-state index in [0.717, 1.165) is 37.4 Å². The molecule has 3 aliphatic heterocycles. The first-order valence-corrected chi connectivity index (χ1v) is 11.2. The molecule has 0 aliphatic carbocycles. The molecular weight excluding hydrogens is 360 g/mol. The van der Waals surface area contributed by atoms with E-state index in [2.05, 4.69) is 45.2 Å². The molecule has 29 heavy (non-hydrogen) atoms. The number of nitrogens with zero attached hydrogens (tertiary/aromatic N) is 4. The first-order chi connectivity index (χ1) is 14.1. The Morgan fingerprint density at radius 1 is 1.14 bits per heavy atom. The maximum Gasteiger partial charge on any atom is 0.272 e. The molecule has 2 bridgehead atoms. The van der Waals surface area contributed by atoms with Gasteiger partial charge in [0.1, 0.15) is 5.69 Å². The Kier molecular flexibility index (Phi) is 4.94. The minimum absolute atomic E-state index is 0.160. The van der Waals surface area contributed by atoms with E-state index in [1.54, 1.807) is 4.68 Å². The van der Waals surface area contributed by atoms with Crippen molar-refractivity contribution in [1.29, 1.82) is 0 Å². The molecule has 1 amide bonds. The van der Waals surface area contributed by atoms with Crippen LogP contribution in [0.15, 0.2) is 36.4 Å². The normalized spacial score (nSPS) is 29.5. The van der Waals surface area contributed by atoms with Crippen molar-refractivity contribution in [3.63, 3.8) is 0 Å². The van der Waals surface area contributed by atoms with Crippen LogP contribution in [0.3, 0.4) is 0 Å². The minimum atomic E-state index is 0.160. The van der Waals surface area contributed by atoms with Gasteiger partial charge in [-0.15, -0.1) is 0 Å². The van der Waals surface area contributed by atoms with Gasteiger partial charge in [-0.25, -0.2) is 0 Å². The zero-order valence-electron chi connectivity index (χ0n) is 17.6. The van der Waals surface area contributed by atoms with Crippen molar-refractivity contribution in [1.82, 2.24) is 19.6 Å². The van der Waals surface area contributed by atoms with Gasteiger partial charge in [-0.2, -0.15) is 5.10 Å². The number of aromatic nitrogens is 2. The lowest BCUT2D eigenvalue weighted by Crippen LogP contribution is -2.62. The Hall–Kier alpha value is -2.14. The summed E-state index contributed by atoms with van der Waals surface area (Å²) in [5.74, 6) is 1.37. The second-order valence-corrected chi connectivity index (χ2v) is 9.41. The number of aryl methyl sites for hydroxylation is 2. The molecule has 0 radical (unpaired) electrons. The molecule has 0 N–H and O–H groups in total. The molecular formula is C24H32N4O. The van der Waals surface area contributed by atoms with E-state index in [1.807, 2.05) is 20.0 Å². The lowest BCUT2D eigenvalue weighted by Gasteiger charge is -2.55. The summed E-state index contributed by atoms with van der Waals surface area (Å²) in [6.07, 6.45) is 6.35. The Labute approximate surface area is 173 Å². The zero-order chi connectivity index (χ0) is 20.0. The van der Waals surface area contributed by atoms with Gasteiger partial charge in [0.15, 0.2) is 0 Å². The Morgan fingerprint density at radius 3 is 2.72 bits per heavy atom. The summed E-state index contributed by atoms with van der Waals surface area (Å²) in [5, 5.41) is 4.38. The zero-order valence-corrected chi connectivity index (χ0v) is 17.6. The van der Waals surface area contributed by atoms with Crippen molar-refractivity contribution in [3.8, 4) is 0 Å². The molecule has 1 aromatic heterocycles. The van der Waals surface area contributed by atoms with Crippen molar-refractivity contribution >= 4 is 5.91 Å². The number of carbonyl (C=O) groups is 1. The predicted octanol–water partition coefficient (Wildman–Crippen LogP) is 3.29. The molecule has 0 spiro atoms. The van der Waals surface area contributed by atoms with Gasteiger partial charge in [0.05, 0.1) is 5.69 Å². The van der Waals surface area contributed by atoms with Gasteiger partial charge in [0.2, 0.25) is 0 Å². The quantitative estimate of drug-likeness (QED) is 0.805. The Bertz CT molecular complexity index is 876. The van der Waals surface area contributed by atoms with E-state index in [-0.39, 0.29) is 5.91 Å². The lowest BCUT2D eigenvalue weighted by molar-refractivity contribution is -0.0500. The largest absolute Gasteiger partial charge is 0.337 e. The molecule has 5 rings (SSSR count). The summed E-state index contributed by atoms with van der Waals surface area (Å²) in [6.45, 7) is 4.89. The van der Waals surface area contributed by atoms with Crippen LogP contribution in [0, 0.1) is 18.8 Å². The predicted molar refractivity (Wildman–Crippen MR) is 114 cm³/mol. The number of piperidine rings is 3. The van der Waals surface area contributed by atoms with Gasteiger partial charge in [0.25, 0.3) is 5.91 Å². The van der Waals surface area contributed by atoms with Crippen molar-refractivity contribution in [2.24, 2.45) is 18.9 Å². The van der Waals surface area contributed by atoms with Crippen LogP contribution in [0.4, 0.5) is 0 Å². The second-order valence-electron chi connectivity index (χ2n) is 9.41. The molecule has 4 heterocycles. The van der Waals surface area contributed by atoms with Crippen LogP contribution in [-0.2, 0) is 13.5 Å². The van der Waals surface area contributed by atoms with Gasteiger partial charge >= 0.3 is 0 Å². The highest BCUT2D eigenvalue weighted by Gasteiger charge is 2.45. The van der Waals surface area contributed by atoms with E-state index in [0.29, 0.717) is 23.9 Å². The average Bonchev–Trinajstić information content (AvgIpc) is 3.06. The highest BCUT2D eigenvalue weighted by molar-refractivity contribution is 5.92. The van der Waals surface area contributed by atoms with Crippen LogP contribution in [0.1, 0.15) is 47.4 Å². The van der Waals surface area contributed by atoms with E-state index in [9.17, 15) is 4.79 Å². The van der Waals surface area contributed by atoms with Crippen LogP contribution in [0.25, 0.3) is 0 Å². The molecule has 0 unspecified atom stereocenters. The number of hydrogen-bond donors (Lipinski definition) is 0. The number of carbonyl (C=O) groups excluding carboxylic acids is 1. The first-order valence-electron chi connectivity index (χ1n) is 11.2. The monoisotopic (exact) mass is 392 g/mol. The van der Waals surface area contributed by atoms with Gasteiger partial charge in [0, 0.05) is 38.8 Å². The van der Waals surface area contributed by atoms with Crippen LogP contribution in [0.2, 0.25) is 0 Å². The molecule has 154 valence electrons. The molecule has 2 aromatic rings. The van der Waals surface area contributed by atoms with Crippen molar-refractivity contribution in [2.45, 2.75) is 51.1 Å². The molecule has 3 fully saturated rings. The number of fused-ring (bicyclic) bond motifs is 4. The average molecular weight is 393 g/mol. The third kappa shape index (κ3) is 3.61. The molecule has 1 aromatic carbocycles. The van der Waals surface area contributed by atoms with E-state index >= 15 is 0 Å². The molecule has 3 aliphatic rings. The minimum Gasteiger partial charge on any atom is -0.337 e. The summed E-state index contributed by atoms with van der Waals surface area (Å²) in [7, 11) is 1.88. The fraction of sp³-hybridized carbons (Fsp3) is 0.583. The highest BCUT2D eigenvalue weighted by atomic mass is 16.2. The molecule has 3 saturated heterocycles. The van der Waals surface area contributed by atoms with Gasteiger partial charge in [-0.3, -0.25) is 14.4 Å². The van der Waals surface area contributed by atoms with Gasteiger partial charge < -0.3 is 4.90 Å². The fourth-order valence-corrected chi connectivity index (χ4v) is 6.16. The molecule has 5 nitrogen and oxygen atoms in total. The van der Waals surface area contributed by atoms with Gasteiger partial charge in [-0.1, -0.05) is 36.8 Å². The summed E-state index contributed by atoms with van der Waals surface area (Å²) in [6, 6.07) is 14.2. The number of hydrogen-bond acceptors (Lipinski definition) is 3. The summed E-state index contributed by atoms with van der Waals surface area (Å²) in [5.41, 5.74) is 3.09. The fourth-order valence-electron chi connectivity index (χ4n) is 6.16. The third-order valence-electron chi connectivity index (χ3n) is 7.34. The smallest absolute Gasteiger partial charge is 0.272 e. The van der Waals surface area contributed by atoms with Gasteiger partial charge in [-0.05, 0) is 56.1 Å². The number of rotatable bonds is 3. The highest BCUT2D eigenvalue weighted by Crippen LogP contribution is 2.40. The number of benzene rings is 1. The maximum absolute atomic E-state index is 13.2. The van der Waals surface area contributed by atoms with Crippen molar-refractivity contribution < 1.29 is 4.79 Å². The van der Waals surface area contributed by atoms with Crippen molar-refractivity contribution in [2.75, 3.05) is 19.6 Å². The van der Waals surface area contributed by atoms with Crippen molar-refractivity contribution in [3.05, 3.63) is 53.3 Å². The summed E-state index contributed by atoms with van der Waals surface area (Å²) >= 11 is 0. The topological polar surface area (TPSA) is 41.4 Å². The molecule has 4 atom stereocenters. The third-order valence-corrected chi connectivity index (χ3v) is 7.34. The van der Waals surface area contributed by atoms with Crippen LogP contribution < -0.4 is 0 Å². The number of likely N-dealkylation sites (tertiary alicyclic amines) is 1. The van der Waals surface area contributed by atoms with E-state index in [4.69, 9.17) is 0 Å². The van der Waals surface area contributed by atoms with E-state index in [1.165, 1.54) is 31.2 Å². The lowest BCUT2D eigenvalue weighted by atomic mass is 9.74. The summed E-state index contributed by atoms with van der Waals surface area (Å²) in [4.78, 5) is 18.1. The first kappa shape index (κ1) is 18.9. The molecule has 5 heteroatoms. The number of amides is 1. The Morgan fingerprint density at radius 2 is 1.97 bits per heavy atom. The van der Waals surface area contributed by atoms with Crippen LogP contribution in [-0.4, -0.2) is 57.2 Å². The maximum atomic E-state index is 13.2. The standard InChI is InChI=1S/C24H32N4O/c1-17-11-23(26(2)25-17)24(29)27-14-19-12-20(16-27)22-10-6-9-21(28(22)15-19)13-18-7-4-3-5-8-18/h3-5,7-8,11,19-22H,6,9-10,12-16H2,1-2H3/t19-,20+,21+,22-/m0/s1. The molecule has 0 saturated carbocycles. The summed E-state index contributed by atoms with van der Waals surface area (Å²) < 4.78 is 1.74. The Balaban J connectivity index is 1.32. The van der Waals surface area contributed by atoms with Crippen LogP contribution in [0.5, 0.6) is 0 Å². The SMILES string of the molecule is Cc1cc(C(=O)N2C[C@@H]3C[C@H](C2)[C@@H]2CCC[C@H](Cc4ccccc4)N2C3)n(C)n1. The van der Waals surface area contributed by atoms with Crippen LogP contribution >= 0.6 is 0 Å².